The molecule has 2 aromatic rings. The van der Waals surface area contributed by atoms with Crippen molar-refractivity contribution in [1.29, 1.82) is 0 Å². The van der Waals surface area contributed by atoms with E-state index in [-0.39, 0.29) is 19.4 Å². The van der Waals surface area contributed by atoms with Crippen molar-refractivity contribution in [3.63, 3.8) is 0 Å². The second-order valence-corrected chi connectivity index (χ2v) is 5.55. The lowest BCUT2D eigenvalue weighted by molar-refractivity contribution is -0.147. The second kappa shape index (κ2) is 11.4. The van der Waals surface area contributed by atoms with Gasteiger partial charge in [0.05, 0.1) is 19.1 Å². The van der Waals surface area contributed by atoms with Crippen molar-refractivity contribution in [2.45, 2.75) is 19.3 Å². The fraction of sp³-hybridized carbons (Fsp3) is 0.182. The molecule has 4 nitrogen and oxygen atoms in total. The summed E-state index contributed by atoms with van der Waals surface area (Å²) in [6.45, 7) is 0.180. The molecule has 0 radical (unpaired) electrons. The van der Waals surface area contributed by atoms with Crippen molar-refractivity contribution < 1.29 is 19.1 Å². The van der Waals surface area contributed by atoms with Crippen molar-refractivity contribution in [2.24, 2.45) is 0 Å². The molecular formula is C22H22O4. The van der Waals surface area contributed by atoms with Crippen molar-refractivity contribution in [2.75, 3.05) is 6.61 Å². The van der Waals surface area contributed by atoms with Crippen molar-refractivity contribution in [3.05, 3.63) is 90.2 Å². The van der Waals surface area contributed by atoms with Gasteiger partial charge < -0.3 is 9.47 Å². The fourth-order valence-electron chi connectivity index (χ4n) is 2.15. The van der Waals surface area contributed by atoms with Crippen LogP contribution >= 0.6 is 0 Å². The average Bonchev–Trinajstić information content (AvgIpc) is 2.68. The molecule has 0 heterocycles. The number of hydrogen-bond donors (Lipinski definition) is 0. The van der Waals surface area contributed by atoms with Gasteiger partial charge in [0.15, 0.2) is 0 Å². The van der Waals surface area contributed by atoms with Crippen LogP contribution in [0.5, 0.6) is 0 Å². The predicted octanol–water partition coefficient (Wildman–Crippen LogP) is 4.32. The monoisotopic (exact) mass is 350 g/mol. The standard InChI is InChI=1S/C22H22O4/c23-21(25-17-7-13-19-9-3-1-4-10-19)15-16-22(24)26-18-8-14-20-11-5-2-6-12-20/h1-13,18H,14-17H2. The van der Waals surface area contributed by atoms with E-state index in [0.717, 1.165) is 11.1 Å². The molecule has 0 fully saturated rings. The Balaban J connectivity index is 1.56. The number of benzene rings is 2. The fourth-order valence-corrected chi connectivity index (χ4v) is 2.15. The lowest BCUT2D eigenvalue weighted by Gasteiger charge is -2.01. The van der Waals surface area contributed by atoms with Gasteiger partial charge in [-0.15, -0.1) is 0 Å². The van der Waals surface area contributed by atoms with E-state index in [1.807, 2.05) is 66.7 Å². The van der Waals surface area contributed by atoms with Crippen LogP contribution in [0.15, 0.2) is 79.1 Å². The molecule has 0 atom stereocenters. The quantitative estimate of drug-likeness (QED) is 0.499. The van der Waals surface area contributed by atoms with Crippen LogP contribution in [0.2, 0.25) is 0 Å². The van der Waals surface area contributed by atoms with Crippen molar-refractivity contribution in [1.82, 2.24) is 0 Å². The third kappa shape index (κ3) is 8.11. The van der Waals surface area contributed by atoms with Crippen LogP contribution in [0.4, 0.5) is 0 Å². The topological polar surface area (TPSA) is 52.6 Å². The minimum absolute atomic E-state index is 0.00307. The summed E-state index contributed by atoms with van der Waals surface area (Å²) in [5.41, 5.74) is 2.17. The number of esters is 2. The molecule has 0 aliphatic heterocycles. The minimum atomic E-state index is -0.453. The molecule has 0 unspecified atom stereocenters. The van der Waals surface area contributed by atoms with E-state index in [1.165, 1.54) is 6.26 Å². The highest BCUT2D eigenvalue weighted by molar-refractivity contribution is 5.78. The first-order chi connectivity index (χ1) is 12.7. The highest BCUT2D eigenvalue weighted by Crippen LogP contribution is 2.03. The zero-order valence-electron chi connectivity index (χ0n) is 14.5. The maximum atomic E-state index is 11.6. The zero-order valence-corrected chi connectivity index (χ0v) is 14.5. The molecule has 4 heteroatoms. The van der Waals surface area contributed by atoms with E-state index in [9.17, 15) is 9.59 Å². The van der Waals surface area contributed by atoms with E-state index in [4.69, 9.17) is 9.47 Å². The Morgan fingerprint density at radius 1 is 0.808 bits per heavy atom. The van der Waals surface area contributed by atoms with Gasteiger partial charge in [0, 0.05) is 0 Å². The maximum Gasteiger partial charge on any atom is 0.311 e. The first-order valence-electron chi connectivity index (χ1n) is 8.49. The van der Waals surface area contributed by atoms with E-state index in [2.05, 4.69) is 0 Å². The van der Waals surface area contributed by atoms with Gasteiger partial charge in [0.2, 0.25) is 0 Å². The lowest BCUT2D eigenvalue weighted by Crippen LogP contribution is -2.08. The highest BCUT2D eigenvalue weighted by Gasteiger charge is 2.07. The number of carbonyl (C=O) groups excluding carboxylic acids is 2. The Labute approximate surface area is 153 Å². The summed E-state index contributed by atoms with van der Waals surface area (Å²) in [7, 11) is 0. The molecule has 0 saturated carbocycles. The Morgan fingerprint density at radius 3 is 2.19 bits per heavy atom. The van der Waals surface area contributed by atoms with Gasteiger partial charge >= 0.3 is 11.9 Å². The normalized spacial score (nSPS) is 10.9. The molecule has 2 rings (SSSR count). The molecular weight excluding hydrogens is 328 g/mol. The third-order valence-corrected chi connectivity index (χ3v) is 3.48. The summed E-state index contributed by atoms with van der Waals surface area (Å²) < 4.78 is 10.0. The molecule has 0 aliphatic carbocycles. The first-order valence-corrected chi connectivity index (χ1v) is 8.49. The molecule has 0 N–H and O–H groups in total. The highest BCUT2D eigenvalue weighted by atomic mass is 16.5. The molecule has 0 amide bonds. The molecule has 26 heavy (non-hydrogen) atoms. The van der Waals surface area contributed by atoms with Crippen LogP contribution in [0, 0.1) is 0 Å². The molecule has 134 valence electrons. The molecule has 0 aliphatic rings. The molecule has 2 aromatic carbocycles. The third-order valence-electron chi connectivity index (χ3n) is 3.48. The van der Waals surface area contributed by atoms with Crippen molar-refractivity contribution in [3.8, 4) is 0 Å². The Kier molecular flexibility index (Phi) is 8.43. The molecule has 0 aromatic heterocycles. The van der Waals surface area contributed by atoms with Gasteiger partial charge in [0.1, 0.15) is 6.61 Å². The maximum absolute atomic E-state index is 11.6. The number of hydrogen-bond acceptors (Lipinski definition) is 4. The number of carbonyl (C=O) groups is 2. The Bertz CT molecular complexity index is 733. The summed E-state index contributed by atoms with van der Waals surface area (Å²) >= 11 is 0. The minimum Gasteiger partial charge on any atom is -0.461 e. The second-order valence-electron chi connectivity index (χ2n) is 5.55. The number of allylic oxidation sites excluding steroid dienone is 1. The van der Waals surface area contributed by atoms with Crippen LogP contribution in [0.1, 0.15) is 24.0 Å². The van der Waals surface area contributed by atoms with Gasteiger partial charge in [-0.1, -0.05) is 66.7 Å². The van der Waals surface area contributed by atoms with Crippen LogP contribution in [-0.4, -0.2) is 18.5 Å². The molecule has 0 saturated heterocycles. The van der Waals surface area contributed by atoms with E-state index >= 15 is 0 Å². The smallest absolute Gasteiger partial charge is 0.311 e. The zero-order chi connectivity index (χ0) is 18.5. The van der Waals surface area contributed by atoms with Crippen LogP contribution in [0.3, 0.4) is 0 Å². The summed E-state index contributed by atoms with van der Waals surface area (Å²) in [6, 6.07) is 19.6. The van der Waals surface area contributed by atoms with E-state index < -0.39 is 11.9 Å². The Morgan fingerprint density at radius 2 is 1.46 bits per heavy atom. The van der Waals surface area contributed by atoms with Gasteiger partial charge in [-0.2, -0.15) is 0 Å². The Hall–Kier alpha value is -3.14. The largest absolute Gasteiger partial charge is 0.461 e. The van der Waals surface area contributed by atoms with Crippen LogP contribution in [-0.2, 0) is 25.5 Å². The van der Waals surface area contributed by atoms with Gasteiger partial charge in [-0.3, -0.25) is 9.59 Å². The SMILES string of the molecule is O=C(CCC(=O)OCC=Cc1ccccc1)OC=CCc1ccccc1. The summed E-state index contributed by atoms with van der Waals surface area (Å²) in [5.74, 6) is -0.876. The molecule has 0 bridgehead atoms. The predicted molar refractivity (Wildman–Crippen MR) is 101 cm³/mol. The summed E-state index contributed by atoms with van der Waals surface area (Å²) in [4.78, 5) is 23.2. The summed E-state index contributed by atoms with van der Waals surface area (Å²) in [5, 5.41) is 0. The van der Waals surface area contributed by atoms with Crippen LogP contribution < -0.4 is 0 Å². The van der Waals surface area contributed by atoms with Gasteiger partial charge in [-0.25, -0.2) is 0 Å². The first kappa shape index (κ1) is 19.2. The van der Waals surface area contributed by atoms with E-state index in [0.29, 0.717) is 6.42 Å². The number of ether oxygens (including phenoxy) is 2. The number of rotatable bonds is 9. The molecule has 0 spiro atoms. The van der Waals surface area contributed by atoms with Crippen LogP contribution in [0.25, 0.3) is 6.08 Å². The van der Waals surface area contributed by atoms with Gasteiger partial charge in [0.25, 0.3) is 0 Å². The van der Waals surface area contributed by atoms with Crippen molar-refractivity contribution >= 4 is 18.0 Å². The summed E-state index contributed by atoms with van der Waals surface area (Å²) in [6.07, 6.45) is 7.45. The lowest BCUT2D eigenvalue weighted by atomic mass is 10.2. The van der Waals surface area contributed by atoms with E-state index in [1.54, 1.807) is 12.2 Å². The average molecular weight is 350 g/mol. The van der Waals surface area contributed by atoms with Gasteiger partial charge in [-0.05, 0) is 29.7 Å².